The zero-order chi connectivity index (χ0) is 17.0. The number of esters is 1. The lowest BCUT2D eigenvalue weighted by atomic mass is 10.00. The molecule has 3 N–H and O–H groups in total. The maximum Gasteiger partial charge on any atom is 0.340 e. The standard InChI is InChI=1S/C17H17ClN2O3/c1-10(11-5-3-6-12(18)9-11)16(21)20-14-8-4-7-13(15(14)19)17(22)23-2/h3-10H,19H2,1-2H3,(H,20,21). The number of nitrogens with two attached hydrogens (primary N) is 1. The number of nitrogens with one attached hydrogen (secondary N) is 1. The Kier molecular flexibility index (Phi) is 5.24. The fraction of sp³-hybridized carbons (Fsp3) is 0.176. The second-order valence-electron chi connectivity index (χ2n) is 5.02. The van der Waals surface area contributed by atoms with Crippen LogP contribution in [0.2, 0.25) is 5.02 Å². The number of anilines is 2. The van der Waals surface area contributed by atoms with Gasteiger partial charge in [0.2, 0.25) is 5.91 Å². The number of rotatable bonds is 4. The van der Waals surface area contributed by atoms with Crippen LogP contribution < -0.4 is 11.1 Å². The van der Waals surface area contributed by atoms with Gasteiger partial charge in [-0.05, 0) is 36.8 Å². The van der Waals surface area contributed by atoms with Crippen molar-refractivity contribution in [2.24, 2.45) is 0 Å². The van der Waals surface area contributed by atoms with E-state index in [9.17, 15) is 9.59 Å². The van der Waals surface area contributed by atoms with Crippen LogP contribution in [0.1, 0.15) is 28.8 Å². The Bertz CT molecular complexity index is 746. The number of hydrogen-bond acceptors (Lipinski definition) is 4. The predicted molar refractivity (Wildman–Crippen MR) is 90.7 cm³/mol. The largest absolute Gasteiger partial charge is 0.465 e. The zero-order valence-electron chi connectivity index (χ0n) is 12.8. The van der Waals surface area contributed by atoms with Crippen molar-refractivity contribution in [2.75, 3.05) is 18.2 Å². The van der Waals surface area contributed by atoms with E-state index in [4.69, 9.17) is 17.3 Å². The van der Waals surface area contributed by atoms with Crippen LogP contribution in [-0.4, -0.2) is 19.0 Å². The first-order valence-electron chi connectivity index (χ1n) is 6.97. The molecule has 23 heavy (non-hydrogen) atoms. The Morgan fingerprint density at radius 1 is 1.22 bits per heavy atom. The Morgan fingerprint density at radius 3 is 2.57 bits per heavy atom. The van der Waals surface area contributed by atoms with Crippen molar-refractivity contribution in [1.29, 1.82) is 0 Å². The lowest BCUT2D eigenvalue weighted by Crippen LogP contribution is -2.20. The van der Waals surface area contributed by atoms with E-state index in [1.54, 1.807) is 37.3 Å². The molecule has 1 unspecified atom stereocenters. The lowest BCUT2D eigenvalue weighted by Gasteiger charge is -2.15. The molecule has 0 spiro atoms. The van der Waals surface area contributed by atoms with Gasteiger partial charge in [-0.3, -0.25) is 4.79 Å². The normalized spacial score (nSPS) is 11.6. The van der Waals surface area contributed by atoms with Gasteiger partial charge < -0.3 is 15.8 Å². The highest BCUT2D eigenvalue weighted by Crippen LogP contribution is 2.26. The fourth-order valence-electron chi connectivity index (χ4n) is 2.13. The van der Waals surface area contributed by atoms with Crippen LogP contribution in [0.25, 0.3) is 0 Å². The highest BCUT2D eigenvalue weighted by atomic mass is 35.5. The molecule has 0 fully saturated rings. The quantitative estimate of drug-likeness (QED) is 0.663. The number of nitrogen functional groups attached to an aromatic ring is 1. The summed E-state index contributed by atoms with van der Waals surface area (Å²) in [6.07, 6.45) is 0. The Balaban J connectivity index is 2.22. The summed E-state index contributed by atoms with van der Waals surface area (Å²) in [6, 6.07) is 11.9. The van der Waals surface area contributed by atoms with Crippen molar-refractivity contribution in [1.82, 2.24) is 0 Å². The van der Waals surface area contributed by atoms with Gasteiger partial charge in [0, 0.05) is 5.02 Å². The molecule has 2 rings (SSSR count). The molecule has 1 atom stereocenters. The number of benzene rings is 2. The molecule has 0 aliphatic rings. The number of halogens is 1. The number of carbonyl (C=O) groups is 2. The molecular weight excluding hydrogens is 316 g/mol. The molecule has 2 aromatic carbocycles. The van der Waals surface area contributed by atoms with Crippen LogP contribution >= 0.6 is 11.6 Å². The van der Waals surface area contributed by atoms with E-state index >= 15 is 0 Å². The number of amides is 1. The number of hydrogen-bond donors (Lipinski definition) is 2. The van der Waals surface area contributed by atoms with Gasteiger partial charge >= 0.3 is 5.97 Å². The third-order valence-electron chi connectivity index (χ3n) is 3.51. The highest BCUT2D eigenvalue weighted by Gasteiger charge is 2.19. The molecule has 0 aliphatic heterocycles. The number of ether oxygens (including phenoxy) is 1. The third kappa shape index (κ3) is 3.81. The second kappa shape index (κ2) is 7.15. The Morgan fingerprint density at radius 2 is 1.91 bits per heavy atom. The van der Waals surface area contributed by atoms with Crippen LogP contribution in [0.4, 0.5) is 11.4 Å². The van der Waals surface area contributed by atoms with Crippen LogP contribution in [0, 0.1) is 0 Å². The van der Waals surface area contributed by atoms with Crippen molar-refractivity contribution in [3.05, 3.63) is 58.6 Å². The van der Waals surface area contributed by atoms with Gasteiger partial charge in [-0.25, -0.2) is 4.79 Å². The van der Waals surface area contributed by atoms with Gasteiger partial charge in [0.25, 0.3) is 0 Å². The van der Waals surface area contributed by atoms with Gasteiger partial charge in [-0.15, -0.1) is 0 Å². The molecule has 0 radical (unpaired) electrons. The van der Waals surface area contributed by atoms with E-state index in [1.807, 2.05) is 6.07 Å². The van der Waals surface area contributed by atoms with Crippen LogP contribution in [0.15, 0.2) is 42.5 Å². The minimum absolute atomic E-state index is 0.172. The molecule has 5 nitrogen and oxygen atoms in total. The van der Waals surface area contributed by atoms with E-state index < -0.39 is 11.9 Å². The molecule has 0 bridgehead atoms. The van der Waals surface area contributed by atoms with Crippen molar-refractivity contribution >= 4 is 34.9 Å². The summed E-state index contributed by atoms with van der Waals surface area (Å²) in [4.78, 5) is 24.0. The van der Waals surface area contributed by atoms with Gasteiger partial charge in [0.15, 0.2) is 0 Å². The number of carbonyl (C=O) groups excluding carboxylic acids is 2. The highest BCUT2D eigenvalue weighted by molar-refractivity contribution is 6.30. The molecule has 0 saturated carbocycles. The summed E-state index contributed by atoms with van der Waals surface area (Å²) in [7, 11) is 1.27. The van der Waals surface area contributed by atoms with Crippen LogP contribution in [0.5, 0.6) is 0 Å². The van der Waals surface area contributed by atoms with Crippen molar-refractivity contribution < 1.29 is 14.3 Å². The summed E-state index contributed by atoms with van der Waals surface area (Å²) in [6.45, 7) is 1.77. The third-order valence-corrected chi connectivity index (χ3v) is 3.75. The topological polar surface area (TPSA) is 81.4 Å². The average molecular weight is 333 g/mol. The SMILES string of the molecule is COC(=O)c1cccc(NC(=O)C(C)c2cccc(Cl)c2)c1N. The first kappa shape index (κ1) is 16.8. The molecule has 0 saturated heterocycles. The molecule has 0 heterocycles. The number of para-hydroxylation sites is 1. The second-order valence-corrected chi connectivity index (χ2v) is 5.46. The zero-order valence-corrected chi connectivity index (χ0v) is 13.6. The fourth-order valence-corrected chi connectivity index (χ4v) is 2.33. The van der Waals surface area contributed by atoms with E-state index in [1.165, 1.54) is 13.2 Å². The molecule has 120 valence electrons. The van der Waals surface area contributed by atoms with E-state index in [-0.39, 0.29) is 17.2 Å². The minimum atomic E-state index is -0.554. The Hall–Kier alpha value is -2.53. The molecule has 6 heteroatoms. The first-order chi connectivity index (χ1) is 10.9. The predicted octanol–water partition coefficient (Wildman–Crippen LogP) is 3.45. The van der Waals surface area contributed by atoms with Crippen LogP contribution in [0.3, 0.4) is 0 Å². The Labute approximate surface area is 139 Å². The van der Waals surface area contributed by atoms with Crippen LogP contribution in [-0.2, 0) is 9.53 Å². The lowest BCUT2D eigenvalue weighted by molar-refractivity contribution is -0.117. The van der Waals surface area contributed by atoms with E-state index in [0.717, 1.165) is 5.56 Å². The van der Waals surface area contributed by atoms with E-state index in [2.05, 4.69) is 10.1 Å². The van der Waals surface area contributed by atoms with Gasteiger partial charge in [-0.2, -0.15) is 0 Å². The van der Waals surface area contributed by atoms with Crippen molar-refractivity contribution in [3.63, 3.8) is 0 Å². The van der Waals surface area contributed by atoms with Crippen molar-refractivity contribution in [2.45, 2.75) is 12.8 Å². The molecular formula is C17H17ClN2O3. The molecule has 0 aliphatic carbocycles. The summed E-state index contributed by atoms with van der Waals surface area (Å²) in [5.74, 6) is -1.22. The minimum Gasteiger partial charge on any atom is -0.465 e. The first-order valence-corrected chi connectivity index (χ1v) is 7.35. The number of methoxy groups -OCH3 is 1. The molecule has 1 amide bonds. The maximum atomic E-state index is 12.4. The molecule has 2 aromatic rings. The van der Waals surface area contributed by atoms with Gasteiger partial charge in [0.05, 0.1) is 30.0 Å². The maximum absolute atomic E-state index is 12.4. The monoisotopic (exact) mass is 332 g/mol. The van der Waals surface area contributed by atoms with E-state index in [0.29, 0.717) is 10.7 Å². The molecule has 0 aromatic heterocycles. The van der Waals surface area contributed by atoms with Gasteiger partial charge in [0.1, 0.15) is 0 Å². The summed E-state index contributed by atoms with van der Waals surface area (Å²) >= 11 is 5.95. The smallest absolute Gasteiger partial charge is 0.340 e. The van der Waals surface area contributed by atoms with Crippen molar-refractivity contribution in [3.8, 4) is 0 Å². The summed E-state index contributed by atoms with van der Waals surface area (Å²) in [5, 5.41) is 3.30. The van der Waals surface area contributed by atoms with Gasteiger partial charge in [-0.1, -0.05) is 29.8 Å². The summed E-state index contributed by atoms with van der Waals surface area (Å²) in [5.41, 5.74) is 7.47. The average Bonchev–Trinajstić information content (AvgIpc) is 2.55. The summed E-state index contributed by atoms with van der Waals surface area (Å²) < 4.78 is 4.66.